The van der Waals surface area contributed by atoms with Gasteiger partial charge in [0, 0.05) is 25.0 Å². The number of rotatable bonds is 7. The van der Waals surface area contributed by atoms with Crippen molar-refractivity contribution in [1.82, 2.24) is 14.7 Å². The lowest BCUT2D eigenvalue weighted by atomic mass is 10.00. The van der Waals surface area contributed by atoms with Crippen molar-refractivity contribution in [2.45, 2.75) is 54.0 Å². The monoisotopic (exact) mass is 378 g/mol. The van der Waals surface area contributed by atoms with Crippen molar-refractivity contribution < 1.29 is 4.79 Å². The van der Waals surface area contributed by atoms with Gasteiger partial charge in [-0.2, -0.15) is 0 Å². The number of amides is 1. The maximum atomic E-state index is 12.6. The lowest BCUT2D eigenvalue weighted by Crippen LogP contribution is -2.24. The molecule has 0 aliphatic carbocycles. The highest BCUT2D eigenvalue weighted by molar-refractivity contribution is 5.96. The summed E-state index contributed by atoms with van der Waals surface area (Å²) in [5, 5.41) is 6.52. The molecule has 0 saturated carbocycles. The molecule has 0 aliphatic rings. The molecule has 28 heavy (non-hydrogen) atoms. The molecular weight excluding hydrogens is 348 g/mol. The Morgan fingerprint density at radius 2 is 1.96 bits per heavy atom. The van der Waals surface area contributed by atoms with Gasteiger partial charge in [-0.1, -0.05) is 32.0 Å². The molecule has 2 N–H and O–H groups in total. The lowest BCUT2D eigenvalue weighted by Gasteiger charge is -2.15. The number of hydrogen-bond acceptors (Lipinski definition) is 3. The molecule has 3 aromatic rings. The standard InChI is InChI=1S/C23H30N4O/c1-6-11-24-23(28)19-12-21(22-26-16(4)17(5)27(22)14-19)25-13-20-15(3)9-8-10-18(20)7-2/h8-10,12,14,25H,6-7,11,13H2,1-5H3,(H,24,28). The number of nitrogens with zero attached hydrogens (tertiary/aromatic N) is 2. The van der Waals surface area contributed by atoms with Crippen LogP contribution in [-0.2, 0) is 13.0 Å². The zero-order valence-corrected chi connectivity index (χ0v) is 17.5. The van der Waals surface area contributed by atoms with Crippen LogP contribution in [0.5, 0.6) is 0 Å². The van der Waals surface area contributed by atoms with E-state index in [0.717, 1.165) is 35.6 Å². The molecule has 1 amide bonds. The summed E-state index contributed by atoms with van der Waals surface area (Å²) in [5.41, 5.74) is 8.33. The first-order valence-corrected chi connectivity index (χ1v) is 10.0. The van der Waals surface area contributed by atoms with Crippen molar-refractivity contribution in [3.63, 3.8) is 0 Å². The minimum atomic E-state index is -0.0531. The van der Waals surface area contributed by atoms with Gasteiger partial charge in [0.15, 0.2) is 5.65 Å². The molecular formula is C23H30N4O. The molecule has 0 atom stereocenters. The minimum absolute atomic E-state index is 0.0531. The van der Waals surface area contributed by atoms with E-state index in [-0.39, 0.29) is 5.91 Å². The van der Waals surface area contributed by atoms with Crippen molar-refractivity contribution in [3.05, 3.63) is 64.1 Å². The van der Waals surface area contributed by atoms with Crippen molar-refractivity contribution in [1.29, 1.82) is 0 Å². The number of benzene rings is 1. The van der Waals surface area contributed by atoms with E-state index in [1.54, 1.807) is 0 Å². The van der Waals surface area contributed by atoms with Gasteiger partial charge in [0.25, 0.3) is 5.91 Å². The highest BCUT2D eigenvalue weighted by atomic mass is 16.1. The molecule has 5 heteroatoms. The first-order valence-electron chi connectivity index (χ1n) is 10.0. The largest absolute Gasteiger partial charge is 0.378 e. The van der Waals surface area contributed by atoms with Gasteiger partial charge in [-0.25, -0.2) is 4.98 Å². The molecule has 2 heterocycles. The number of anilines is 1. The summed E-state index contributed by atoms with van der Waals surface area (Å²) in [6.45, 7) is 11.8. The highest BCUT2D eigenvalue weighted by Crippen LogP contribution is 2.24. The molecule has 0 spiro atoms. The number of imidazole rings is 1. The second-order valence-electron chi connectivity index (χ2n) is 7.29. The summed E-state index contributed by atoms with van der Waals surface area (Å²) < 4.78 is 2.01. The number of carbonyl (C=O) groups is 1. The minimum Gasteiger partial charge on any atom is -0.378 e. The summed E-state index contributed by atoms with van der Waals surface area (Å²) in [5.74, 6) is -0.0531. The van der Waals surface area contributed by atoms with Gasteiger partial charge in [0.05, 0.1) is 16.9 Å². The summed E-state index contributed by atoms with van der Waals surface area (Å²) >= 11 is 0. The van der Waals surface area contributed by atoms with Crippen LogP contribution in [0.15, 0.2) is 30.5 Å². The van der Waals surface area contributed by atoms with E-state index >= 15 is 0 Å². The number of carbonyl (C=O) groups excluding carboxylic acids is 1. The second kappa shape index (κ2) is 8.46. The predicted molar refractivity (Wildman–Crippen MR) is 115 cm³/mol. The van der Waals surface area contributed by atoms with E-state index in [9.17, 15) is 4.79 Å². The summed E-state index contributed by atoms with van der Waals surface area (Å²) in [7, 11) is 0. The average molecular weight is 379 g/mol. The molecule has 0 aliphatic heterocycles. The van der Waals surface area contributed by atoms with Gasteiger partial charge >= 0.3 is 0 Å². The molecule has 148 valence electrons. The lowest BCUT2D eigenvalue weighted by molar-refractivity contribution is 0.0953. The maximum absolute atomic E-state index is 12.6. The van der Waals surface area contributed by atoms with Crippen LogP contribution in [0.4, 0.5) is 5.69 Å². The Morgan fingerprint density at radius 3 is 2.68 bits per heavy atom. The Hall–Kier alpha value is -2.82. The van der Waals surface area contributed by atoms with E-state index < -0.39 is 0 Å². The number of fused-ring (bicyclic) bond motifs is 1. The molecule has 2 aromatic heterocycles. The molecule has 0 bridgehead atoms. The Balaban J connectivity index is 2.00. The van der Waals surface area contributed by atoms with E-state index in [1.165, 1.54) is 16.7 Å². The van der Waals surface area contributed by atoms with Crippen molar-refractivity contribution in [3.8, 4) is 0 Å². The van der Waals surface area contributed by atoms with Gasteiger partial charge in [-0.3, -0.25) is 4.79 Å². The fourth-order valence-electron chi connectivity index (χ4n) is 3.50. The van der Waals surface area contributed by atoms with Gasteiger partial charge in [0.1, 0.15) is 0 Å². The van der Waals surface area contributed by atoms with Crippen LogP contribution in [0.1, 0.15) is 58.7 Å². The number of aromatic nitrogens is 2. The molecule has 0 radical (unpaired) electrons. The van der Waals surface area contributed by atoms with Crippen LogP contribution in [-0.4, -0.2) is 21.8 Å². The third kappa shape index (κ3) is 3.88. The highest BCUT2D eigenvalue weighted by Gasteiger charge is 2.15. The van der Waals surface area contributed by atoms with Crippen LogP contribution in [0, 0.1) is 20.8 Å². The Labute approximate surface area is 167 Å². The molecule has 0 saturated heterocycles. The summed E-state index contributed by atoms with van der Waals surface area (Å²) in [6.07, 6.45) is 3.79. The number of hydrogen-bond donors (Lipinski definition) is 2. The Morgan fingerprint density at radius 1 is 1.18 bits per heavy atom. The number of pyridine rings is 1. The average Bonchev–Trinajstić information content (AvgIpc) is 2.99. The van der Waals surface area contributed by atoms with Gasteiger partial charge in [-0.05, 0) is 56.4 Å². The number of nitrogens with one attached hydrogen (secondary N) is 2. The van der Waals surface area contributed by atoms with Crippen molar-refractivity contribution in [2.75, 3.05) is 11.9 Å². The summed E-state index contributed by atoms with van der Waals surface area (Å²) in [6, 6.07) is 8.34. The van der Waals surface area contributed by atoms with Crippen LogP contribution >= 0.6 is 0 Å². The Kier molecular flexibility index (Phi) is 6.02. The van der Waals surface area contributed by atoms with Gasteiger partial charge < -0.3 is 15.0 Å². The number of aryl methyl sites for hydroxylation is 4. The zero-order valence-electron chi connectivity index (χ0n) is 17.5. The zero-order chi connectivity index (χ0) is 20.3. The van der Waals surface area contributed by atoms with Crippen molar-refractivity contribution >= 4 is 17.2 Å². The summed E-state index contributed by atoms with van der Waals surface area (Å²) in [4.78, 5) is 17.3. The van der Waals surface area contributed by atoms with E-state index in [4.69, 9.17) is 4.98 Å². The van der Waals surface area contributed by atoms with Crippen LogP contribution in [0.25, 0.3) is 5.65 Å². The molecule has 3 rings (SSSR count). The second-order valence-corrected chi connectivity index (χ2v) is 7.29. The molecule has 5 nitrogen and oxygen atoms in total. The SMILES string of the molecule is CCCNC(=O)c1cc(NCc2c(C)cccc2CC)c2nc(C)c(C)n2c1. The first kappa shape index (κ1) is 19.9. The molecule has 0 unspecified atom stereocenters. The molecule has 1 aromatic carbocycles. The quantitative estimate of drug-likeness (QED) is 0.633. The van der Waals surface area contributed by atoms with Gasteiger partial charge in [0.2, 0.25) is 0 Å². The first-order chi connectivity index (χ1) is 13.5. The maximum Gasteiger partial charge on any atom is 0.252 e. The normalized spacial score (nSPS) is 11.0. The van der Waals surface area contributed by atoms with E-state index in [1.807, 2.05) is 37.4 Å². The predicted octanol–water partition coefficient (Wildman–Crippen LogP) is 4.57. The van der Waals surface area contributed by atoms with Crippen LogP contribution in [0.3, 0.4) is 0 Å². The third-order valence-corrected chi connectivity index (χ3v) is 5.34. The van der Waals surface area contributed by atoms with E-state index in [0.29, 0.717) is 18.7 Å². The van der Waals surface area contributed by atoms with Crippen LogP contribution in [0.2, 0.25) is 0 Å². The van der Waals surface area contributed by atoms with Crippen molar-refractivity contribution in [2.24, 2.45) is 0 Å². The van der Waals surface area contributed by atoms with Crippen LogP contribution < -0.4 is 10.6 Å². The fraction of sp³-hybridized carbons (Fsp3) is 0.391. The fourth-order valence-corrected chi connectivity index (χ4v) is 3.50. The smallest absolute Gasteiger partial charge is 0.252 e. The Bertz CT molecular complexity index is 1000. The topological polar surface area (TPSA) is 58.4 Å². The third-order valence-electron chi connectivity index (χ3n) is 5.34. The van der Waals surface area contributed by atoms with E-state index in [2.05, 4.69) is 42.7 Å². The molecule has 0 fully saturated rings. The van der Waals surface area contributed by atoms with Gasteiger partial charge in [-0.15, -0.1) is 0 Å².